The lowest BCUT2D eigenvalue weighted by Crippen LogP contribution is -2.11. The van der Waals surface area contributed by atoms with E-state index in [4.69, 9.17) is 14.7 Å². The molecule has 2 aromatic carbocycles. The highest BCUT2D eigenvalue weighted by molar-refractivity contribution is 6.04. The molecule has 0 aliphatic rings. The number of hydrogen-bond donors (Lipinski definition) is 1. The summed E-state index contributed by atoms with van der Waals surface area (Å²) in [6.45, 7) is 2.85. The molecule has 1 amide bonds. The molecular weight excluding hydrogens is 316 g/mol. The number of anilines is 1. The molecule has 0 radical (unpaired) electrons. The van der Waals surface area contributed by atoms with Gasteiger partial charge in [0.1, 0.15) is 17.6 Å². The van der Waals surface area contributed by atoms with E-state index in [1.165, 1.54) is 0 Å². The van der Waals surface area contributed by atoms with Gasteiger partial charge in [-0.2, -0.15) is 5.26 Å². The summed E-state index contributed by atoms with van der Waals surface area (Å²) in [6.07, 6.45) is 3.35. The summed E-state index contributed by atoms with van der Waals surface area (Å²) >= 11 is 0. The van der Waals surface area contributed by atoms with E-state index in [2.05, 4.69) is 12.2 Å². The smallest absolute Gasteiger partial charge is 0.255 e. The highest BCUT2D eigenvalue weighted by Crippen LogP contribution is 2.18. The Morgan fingerprint density at radius 2 is 1.64 bits per heavy atom. The fourth-order valence-corrected chi connectivity index (χ4v) is 2.20. The van der Waals surface area contributed by atoms with Crippen LogP contribution in [0, 0.1) is 11.3 Å². The molecule has 5 nitrogen and oxygen atoms in total. The SMILES string of the molecule is CCCCCOc1ccc(C(=O)Nc2ccc(OCC#N)cc2)cc1. The maximum Gasteiger partial charge on any atom is 0.255 e. The molecule has 0 unspecified atom stereocenters. The van der Waals surface area contributed by atoms with Crippen molar-refractivity contribution in [3.05, 3.63) is 54.1 Å². The molecule has 0 aliphatic heterocycles. The molecule has 0 bridgehead atoms. The Bertz CT molecular complexity index is 703. The predicted octanol–water partition coefficient (Wildman–Crippen LogP) is 4.41. The fourth-order valence-electron chi connectivity index (χ4n) is 2.20. The van der Waals surface area contributed by atoms with Crippen molar-refractivity contribution in [1.29, 1.82) is 5.26 Å². The van der Waals surface area contributed by atoms with Crippen LogP contribution < -0.4 is 14.8 Å². The second-order valence-electron chi connectivity index (χ2n) is 5.51. The van der Waals surface area contributed by atoms with Gasteiger partial charge >= 0.3 is 0 Å². The minimum atomic E-state index is -0.191. The highest BCUT2D eigenvalue weighted by atomic mass is 16.5. The summed E-state index contributed by atoms with van der Waals surface area (Å²) in [4.78, 5) is 12.3. The first-order valence-electron chi connectivity index (χ1n) is 8.37. The van der Waals surface area contributed by atoms with Crippen LogP contribution in [0.5, 0.6) is 11.5 Å². The van der Waals surface area contributed by atoms with Gasteiger partial charge in [-0.15, -0.1) is 0 Å². The average molecular weight is 338 g/mol. The Hall–Kier alpha value is -3.00. The zero-order chi connectivity index (χ0) is 17.9. The Morgan fingerprint density at radius 3 is 2.28 bits per heavy atom. The van der Waals surface area contributed by atoms with E-state index in [1.54, 1.807) is 48.5 Å². The summed E-state index contributed by atoms with van der Waals surface area (Å²) in [5.41, 5.74) is 1.22. The third-order valence-electron chi connectivity index (χ3n) is 3.55. The van der Waals surface area contributed by atoms with E-state index in [0.29, 0.717) is 23.6 Å². The van der Waals surface area contributed by atoms with Crippen LogP contribution in [-0.2, 0) is 0 Å². The first kappa shape index (κ1) is 18.3. The van der Waals surface area contributed by atoms with Crippen molar-refractivity contribution in [3.63, 3.8) is 0 Å². The molecule has 0 aliphatic carbocycles. The predicted molar refractivity (Wildman–Crippen MR) is 97.0 cm³/mol. The number of ether oxygens (including phenoxy) is 2. The number of nitrogens with zero attached hydrogens (tertiary/aromatic N) is 1. The van der Waals surface area contributed by atoms with Crippen LogP contribution in [0.25, 0.3) is 0 Å². The second kappa shape index (κ2) is 9.99. The van der Waals surface area contributed by atoms with Gasteiger partial charge in [-0.25, -0.2) is 0 Å². The van der Waals surface area contributed by atoms with E-state index in [9.17, 15) is 4.79 Å². The molecule has 25 heavy (non-hydrogen) atoms. The lowest BCUT2D eigenvalue weighted by atomic mass is 10.2. The zero-order valence-electron chi connectivity index (χ0n) is 14.3. The van der Waals surface area contributed by atoms with Gasteiger partial charge in [0.2, 0.25) is 0 Å². The monoisotopic (exact) mass is 338 g/mol. The summed E-state index contributed by atoms with van der Waals surface area (Å²) in [5.74, 6) is 1.17. The first-order chi connectivity index (χ1) is 12.2. The Balaban J connectivity index is 1.86. The maximum absolute atomic E-state index is 12.3. The van der Waals surface area contributed by atoms with Crippen molar-refractivity contribution in [2.45, 2.75) is 26.2 Å². The lowest BCUT2D eigenvalue weighted by molar-refractivity contribution is 0.102. The van der Waals surface area contributed by atoms with Crippen molar-refractivity contribution in [2.24, 2.45) is 0 Å². The molecule has 1 N–H and O–H groups in total. The number of rotatable bonds is 9. The third kappa shape index (κ3) is 6.19. The quantitative estimate of drug-likeness (QED) is 0.687. The Kier molecular flexibility index (Phi) is 7.33. The van der Waals surface area contributed by atoms with E-state index >= 15 is 0 Å². The second-order valence-corrected chi connectivity index (χ2v) is 5.51. The van der Waals surface area contributed by atoms with Crippen LogP contribution in [0.3, 0.4) is 0 Å². The van der Waals surface area contributed by atoms with Gasteiger partial charge < -0.3 is 14.8 Å². The van der Waals surface area contributed by atoms with Gasteiger partial charge in [0.05, 0.1) is 6.61 Å². The lowest BCUT2D eigenvalue weighted by Gasteiger charge is -2.08. The molecule has 0 aromatic heterocycles. The van der Waals surface area contributed by atoms with Gasteiger partial charge in [0.15, 0.2) is 6.61 Å². The summed E-state index contributed by atoms with van der Waals surface area (Å²) in [7, 11) is 0. The molecule has 0 spiro atoms. The molecule has 0 saturated carbocycles. The number of amides is 1. The third-order valence-corrected chi connectivity index (χ3v) is 3.55. The van der Waals surface area contributed by atoms with Crippen molar-refractivity contribution in [3.8, 4) is 17.6 Å². The first-order valence-corrected chi connectivity index (χ1v) is 8.37. The van der Waals surface area contributed by atoms with E-state index in [1.807, 2.05) is 6.07 Å². The average Bonchev–Trinajstić information content (AvgIpc) is 2.65. The Morgan fingerprint density at radius 1 is 1.00 bits per heavy atom. The molecule has 2 rings (SSSR count). The van der Waals surface area contributed by atoms with Crippen LogP contribution in [0.2, 0.25) is 0 Å². The van der Waals surface area contributed by atoms with Crippen molar-refractivity contribution >= 4 is 11.6 Å². The number of nitriles is 1. The number of unbranched alkanes of at least 4 members (excludes halogenated alkanes) is 2. The molecule has 0 saturated heterocycles. The van der Waals surface area contributed by atoms with Crippen molar-refractivity contribution in [2.75, 3.05) is 18.5 Å². The zero-order valence-corrected chi connectivity index (χ0v) is 14.3. The summed E-state index contributed by atoms with van der Waals surface area (Å²) in [5, 5.41) is 11.3. The number of hydrogen-bond acceptors (Lipinski definition) is 4. The van der Waals surface area contributed by atoms with Crippen LogP contribution in [-0.4, -0.2) is 19.1 Å². The number of carbonyl (C=O) groups excluding carboxylic acids is 1. The normalized spacial score (nSPS) is 9.92. The Labute approximate surface area is 148 Å². The van der Waals surface area contributed by atoms with Gasteiger partial charge in [-0.05, 0) is 55.0 Å². The maximum atomic E-state index is 12.3. The largest absolute Gasteiger partial charge is 0.494 e. The molecule has 2 aromatic rings. The molecule has 5 heteroatoms. The molecular formula is C20H22N2O3. The van der Waals surface area contributed by atoms with Crippen LogP contribution in [0.1, 0.15) is 36.5 Å². The molecule has 0 fully saturated rings. The molecule has 0 heterocycles. The molecule has 130 valence electrons. The van der Waals surface area contributed by atoms with Gasteiger partial charge in [0.25, 0.3) is 5.91 Å². The van der Waals surface area contributed by atoms with Gasteiger partial charge in [0, 0.05) is 11.3 Å². The van der Waals surface area contributed by atoms with Gasteiger partial charge in [-0.1, -0.05) is 19.8 Å². The van der Waals surface area contributed by atoms with E-state index < -0.39 is 0 Å². The van der Waals surface area contributed by atoms with Crippen LogP contribution >= 0.6 is 0 Å². The van der Waals surface area contributed by atoms with E-state index in [-0.39, 0.29) is 12.5 Å². The minimum Gasteiger partial charge on any atom is -0.494 e. The number of benzene rings is 2. The van der Waals surface area contributed by atoms with Crippen molar-refractivity contribution in [1.82, 2.24) is 0 Å². The van der Waals surface area contributed by atoms with Crippen LogP contribution in [0.15, 0.2) is 48.5 Å². The topological polar surface area (TPSA) is 71.3 Å². The minimum absolute atomic E-state index is 0.00142. The standard InChI is InChI=1S/C20H22N2O3/c1-2-3-4-14-24-18-9-5-16(6-10-18)20(23)22-17-7-11-19(12-8-17)25-15-13-21/h5-12H,2-4,14-15H2,1H3,(H,22,23). The fraction of sp³-hybridized carbons (Fsp3) is 0.300. The van der Waals surface area contributed by atoms with Crippen LogP contribution in [0.4, 0.5) is 5.69 Å². The molecule has 0 atom stereocenters. The summed E-state index contributed by atoms with van der Waals surface area (Å²) < 4.78 is 10.8. The number of nitrogens with one attached hydrogen (secondary N) is 1. The number of carbonyl (C=O) groups is 1. The van der Waals surface area contributed by atoms with E-state index in [0.717, 1.165) is 25.0 Å². The van der Waals surface area contributed by atoms with Gasteiger partial charge in [-0.3, -0.25) is 4.79 Å². The van der Waals surface area contributed by atoms with Crippen molar-refractivity contribution < 1.29 is 14.3 Å². The highest BCUT2D eigenvalue weighted by Gasteiger charge is 2.06. The summed E-state index contributed by atoms with van der Waals surface area (Å²) in [6, 6.07) is 15.9.